The summed E-state index contributed by atoms with van der Waals surface area (Å²) in [6, 6.07) is 16.6. The lowest BCUT2D eigenvalue weighted by atomic mass is 10.1. The molecule has 0 radical (unpaired) electrons. The summed E-state index contributed by atoms with van der Waals surface area (Å²) in [5.41, 5.74) is 7.76. The summed E-state index contributed by atoms with van der Waals surface area (Å²) in [5.74, 6) is 0. The summed E-state index contributed by atoms with van der Waals surface area (Å²) in [5, 5.41) is 5.32. The number of hydrogen-bond donors (Lipinski definition) is 1. The fourth-order valence-electron chi connectivity index (χ4n) is 2.73. The van der Waals surface area contributed by atoms with Crippen molar-refractivity contribution in [2.75, 3.05) is 18.5 Å². The molecule has 0 amide bonds. The highest BCUT2D eigenvalue weighted by molar-refractivity contribution is 6.31. The van der Waals surface area contributed by atoms with Crippen LogP contribution in [0.1, 0.15) is 24.0 Å². The molecule has 1 aliphatic heterocycles. The number of halogens is 1. The molecule has 0 unspecified atom stereocenters. The lowest BCUT2D eigenvalue weighted by Crippen LogP contribution is -2.33. The van der Waals surface area contributed by atoms with Gasteiger partial charge in [0, 0.05) is 43.2 Å². The van der Waals surface area contributed by atoms with E-state index in [2.05, 4.69) is 45.8 Å². The highest BCUT2D eigenvalue weighted by Gasteiger charge is 2.15. The number of anilines is 1. The molecule has 1 heterocycles. The second-order valence-electron chi connectivity index (χ2n) is 6.02. The third-order valence-corrected chi connectivity index (χ3v) is 4.60. The van der Waals surface area contributed by atoms with Crippen LogP contribution in [0.3, 0.4) is 0 Å². The number of hydrogen-bond acceptors (Lipinski definition) is 3. The minimum absolute atomic E-state index is 0.771. The molecule has 0 saturated carbocycles. The fraction of sp³-hybridized carbons (Fsp3) is 0.316. The van der Waals surface area contributed by atoms with Gasteiger partial charge in [0.15, 0.2) is 0 Å². The van der Waals surface area contributed by atoms with Crippen LogP contribution in [0.15, 0.2) is 53.6 Å². The van der Waals surface area contributed by atoms with Gasteiger partial charge in [-0.2, -0.15) is 5.10 Å². The van der Waals surface area contributed by atoms with Crippen molar-refractivity contribution in [1.82, 2.24) is 4.90 Å². The monoisotopic (exact) mass is 327 g/mol. The number of hydrazone groups is 1. The maximum atomic E-state index is 6.14. The molecule has 23 heavy (non-hydrogen) atoms. The van der Waals surface area contributed by atoms with Gasteiger partial charge in [-0.05, 0) is 30.2 Å². The second-order valence-corrected chi connectivity index (χ2v) is 6.42. The zero-order valence-electron chi connectivity index (χ0n) is 13.4. The minimum atomic E-state index is 0.771. The second kappa shape index (κ2) is 7.62. The van der Waals surface area contributed by atoms with E-state index in [0.717, 1.165) is 48.7 Å². The van der Waals surface area contributed by atoms with Crippen molar-refractivity contribution >= 4 is 23.0 Å². The average molecular weight is 328 g/mol. The third-order valence-electron chi connectivity index (χ3n) is 4.20. The predicted molar refractivity (Wildman–Crippen MR) is 98.2 cm³/mol. The molecule has 0 aliphatic carbocycles. The summed E-state index contributed by atoms with van der Waals surface area (Å²) >= 11 is 6.14. The third kappa shape index (κ3) is 4.57. The van der Waals surface area contributed by atoms with Gasteiger partial charge in [-0.1, -0.05) is 48.0 Å². The van der Waals surface area contributed by atoms with Crippen molar-refractivity contribution in [2.24, 2.45) is 5.10 Å². The van der Waals surface area contributed by atoms with Gasteiger partial charge in [0.2, 0.25) is 0 Å². The van der Waals surface area contributed by atoms with Crippen LogP contribution in [0.2, 0.25) is 5.02 Å². The first-order valence-corrected chi connectivity index (χ1v) is 8.42. The minimum Gasteiger partial charge on any atom is -0.298 e. The van der Waals surface area contributed by atoms with Crippen LogP contribution < -0.4 is 5.43 Å². The van der Waals surface area contributed by atoms with E-state index in [-0.39, 0.29) is 0 Å². The lowest BCUT2D eigenvalue weighted by Gasteiger charge is -2.27. The number of piperidine rings is 1. The van der Waals surface area contributed by atoms with E-state index in [4.69, 9.17) is 11.6 Å². The van der Waals surface area contributed by atoms with Crippen LogP contribution in [0.25, 0.3) is 0 Å². The van der Waals surface area contributed by atoms with E-state index in [9.17, 15) is 0 Å². The Labute approximate surface area is 143 Å². The normalized spacial score (nSPS) is 15.5. The van der Waals surface area contributed by atoms with E-state index >= 15 is 0 Å². The van der Waals surface area contributed by atoms with Crippen LogP contribution in [-0.4, -0.2) is 23.7 Å². The van der Waals surface area contributed by atoms with Gasteiger partial charge in [0.05, 0.1) is 5.69 Å². The molecule has 0 bridgehead atoms. The molecule has 120 valence electrons. The number of rotatable bonds is 4. The lowest BCUT2D eigenvalue weighted by molar-refractivity contribution is 0.266. The topological polar surface area (TPSA) is 27.6 Å². The van der Waals surface area contributed by atoms with Crippen molar-refractivity contribution in [3.63, 3.8) is 0 Å². The van der Waals surface area contributed by atoms with Crippen molar-refractivity contribution in [3.8, 4) is 0 Å². The molecule has 0 aromatic heterocycles. The largest absolute Gasteiger partial charge is 0.298 e. The van der Waals surface area contributed by atoms with Crippen LogP contribution in [-0.2, 0) is 6.54 Å². The van der Waals surface area contributed by atoms with E-state index < -0.39 is 0 Å². The molecule has 0 atom stereocenters. The van der Waals surface area contributed by atoms with Gasteiger partial charge in [0.25, 0.3) is 0 Å². The summed E-state index contributed by atoms with van der Waals surface area (Å²) < 4.78 is 0. The maximum Gasteiger partial charge on any atom is 0.0576 e. The van der Waals surface area contributed by atoms with Crippen LogP contribution >= 0.6 is 11.6 Å². The van der Waals surface area contributed by atoms with Crippen molar-refractivity contribution in [1.29, 1.82) is 0 Å². The SMILES string of the molecule is Cc1ccc(NN=C2CCN(Cc3ccccc3)CC2)cc1Cl. The average Bonchev–Trinajstić information content (AvgIpc) is 2.58. The van der Waals surface area contributed by atoms with Crippen LogP contribution in [0.5, 0.6) is 0 Å². The Bertz CT molecular complexity index is 672. The smallest absolute Gasteiger partial charge is 0.0576 e. The summed E-state index contributed by atoms with van der Waals surface area (Å²) in [4.78, 5) is 2.48. The molecule has 1 aliphatic rings. The molecule has 2 aromatic carbocycles. The first-order valence-electron chi connectivity index (χ1n) is 8.04. The maximum absolute atomic E-state index is 6.14. The Kier molecular flexibility index (Phi) is 5.31. The molecule has 1 fully saturated rings. The van der Waals surface area contributed by atoms with E-state index in [0.29, 0.717) is 0 Å². The summed E-state index contributed by atoms with van der Waals surface area (Å²) in [6.07, 6.45) is 2.03. The first-order chi connectivity index (χ1) is 11.2. The molecular formula is C19H22ClN3. The number of aryl methyl sites for hydroxylation is 1. The Morgan fingerprint density at radius 3 is 2.52 bits per heavy atom. The summed E-state index contributed by atoms with van der Waals surface area (Å²) in [6.45, 7) is 5.14. The van der Waals surface area contributed by atoms with Gasteiger partial charge in [0.1, 0.15) is 0 Å². The van der Waals surface area contributed by atoms with Crippen molar-refractivity contribution < 1.29 is 0 Å². The number of likely N-dealkylation sites (tertiary alicyclic amines) is 1. The zero-order valence-corrected chi connectivity index (χ0v) is 14.2. The Hall–Kier alpha value is -1.84. The Morgan fingerprint density at radius 2 is 1.83 bits per heavy atom. The van der Waals surface area contributed by atoms with Crippen LogP contribution in [0.4, 0.5) is 5.69 Å². The molecular weight excluding hydrogens is 306 g/mol. The Morgan fingerprint density at radius 1 is 1.09 bits per heavy atom. The predicted octanol–water partition coefficient (Wildman–Crippen LogP) is 4.71. The molecule has 1 N–H and O–H groups in total. The number of nitrogens with one attached hydrogen (secondary N) is 1. The van der Waals surface area contributed by atoms with Crippen molar-refractivity contribution in [2.45, 2.75) is 26.3 Å². The quantitative estimate of drug-likeness (QED) is 0.823. The molecule has 2 aromatic rings. The van der Waals surface area contributed by atoms with Gasteiger partial charge in [-0.25, -0.2) is 0 Å². The van der Waals surface area contributed by atoms with Crippen molar-refractivity contribution in [3.05, 3.63) is 64.7 Å². The van der Waals surface area contributed by atoms with E-state index in [1.54, 1.807) is 0 Å². The first kappa shape index (κ1) is 16.0. The molecule has 0 spiro atoms. The van der Waals surface area contributed by atoms with Gasteiger partial charge >= 0.3 is 0 Å². The fourth-order valence-corrected chi connectivity index (χ4v) is 2.91. The Balaban J connectivity index is 1.51. The van der Waals surface area contributed by atoms with Gasteiger partial charge in [-0.3, -0.25) is 10.3 Å². The highest BCUT2D eigenvalue weighted by Crippen LogP contribution is 2.20. The zero-order chi connectivity index (χ0) is 16.1. The standard InChI is InChI=1S/C19H22ClN3/c1-15-7-8-18(13-19(15)20)22-21-17-9-11-23(12-10-17)14-16-5-3-2-4-6-16/h2-8,13,22H,9-12,14H2,1H3. The van der Waals surface area contributed by atoms with Gasteiger partial charge in [-0.15, -0.1) is 0 Å². The number of nitrogens with zero attached hydrogens (tertiary/aromatic N) is 2. The molecule has 3 rings (SSSR count). The molecule has 4 heteroatoms. The highest BCUT2D eigenvalue weighted by atomic mass is 35.5. The molecule has 3 nitrogen and oxygen atoms in total. The number of benzene rings is 2. The van der Waals surface area contributed by atoms with Gasteiger partial charge < -0.3 is 0 Å². The summed E-state index contributed by atoms with van der Waals surface area (Å²) in [7, 11) is 0. The van der Waals surface area contributed by atoms with Crippen LogP contribution in [0, 0.1) is 6.92 Å². The molecule has 1 saturated heterocycles. The van der Waals surface area contributed by atoms with E-state index in [1.165, 1.54) is 11.3 Å². The van der Waals surface area contributed by atoms with E-state index in [1.807, 2.05) is 25.1 Å².